The normalized spacial score (nSPS) is 28.9. The molecular formula is C12H13Cl2N3O2. The van der Waals surface area contributed by atoms with Gasteiger partial charge in [-0.2, -0.15) is 0 Å². The molecule has 0 saturated carbocycles. The molecule has 2 atom stereocenters. The number of hydrogen-bond donors (Lipinski definition) is 2. The Kier molecular flexibility index (Phi) is 3.08. The molecule has 19 heavy (non-hydrogen) atoms. The van der Waals surface area contributed by atoms with E-state index in [1.165, 1.54) is 0 Å². The zero-order chi connectivity index (χ0) is 13.6. The Morgan fingerprint density at radius 2 is 2.42 bits per heavy atom. The lowest BCUT2D eigenvalue weighted by atomic mass is 9.73. The highest BCUT2D eigenvalue weighted by atomic mass is 35.5. The monoisotopic (exact) mass is 301 g/mol. The van der Waals surface area contributed by atoms with Crippen LogP contribution >= 0.6 is 23.2 Å². The zero-order valence-corrected chi connectivity index (χ0v) is 11.6. The van der Waals surface area contributed by atoms with Gasteiger partial charge in [0, 0.05) is 31.1 Å². The van der Waals surface area contributed by atoms with Gasteiger partial charge in [0.1, 0.15) is 5.15 Å². The number of fused-ring (bicyclic) bond motifs is 1. The van der Waals surface area contributed by atoms with Gasteiger partial charge < -0.3 is 15.3 Å². The summed E-state index contributed by atoms with van der Waals surface area (Å²) in [5.74, 6) is -0.749. The summed E-state index contributed by atoms with van der Waals surface area (Å²) >= 11 is 11.8. The molecule has 1 aromatic heterocycles. The van der Waals surface area contributed by atoms with Gasteiger partial charge in [-0.3, -0.25) is 4.79 Å². The highest BCUT2D eigenvalue weighted by molar-refractivity contribution is 6.41. The largest absolute Gasteiger partial charge is 0.481 e. The lowest BCUT2D eigenvalue weighted by Crippen LogP contribution is -2.62. The van der Waals surface area contributed by atoms with E-state index < -0.39 is 5.97 Å². The molecule has 2 fully saturated rings. The number of rotatable bonds is 3. The number of pyridine rings is 1. The first-order valence-corrected chi connectivity index (χ1v) is 6.77. The van der Waals surface area contributed by atoms with Crippen molar-refractivity contribution in [3.63, 3.8) is 0 Å². The molecule has 0 radical (unpaired) electrons. The lowest BCUT2D eigenvalue weighted by molar-refractivity contribution is -0.141. The van der Waals surface area contributed by atoms with Crippen molar-refractivity contribution in [1.29, 1.82) is 0 Å². The fourth-order valence-corrected chi connectivity index (χ4v) is 3.21. The third-order valence-corrected chi connectivity index (χ3v) is 4.68. The number of carboxylic acid groups (broad SMARTS) is 1. The second-order valence-corrected chi connectivity index (χ2v) is 5.98. The molecular weight excluding hydrogens is 289 g/mol. The van der Waals surface area contributed by atoms with E-state index in [4.69, 9.17) is 28.3 Å². The SMILES string of the molecule is O=C(O)C[C@@]12CN[C@@H]1CN(c1cnc(Cl)c(Cl)c1)C2. The number of aromatic nitrogens is 1. The molecule has 0 aliphatic carbocycles. The van der Waals surface area contributed by atoms with Gasteiger partial charge in [0.2, 0.25) is 0 Å². The van der Waals surface area contributed by atoms with Crippen LogP contribution in [0.1, 0.15) is 6.42 Å². The predicted octanol–water partition coefficient (Wildman–Crippen LogP) is 1.64. The molecule has 2 aliphatic rings. The van der Waals surface area contributed by atoms with Crippen LogP contribution in [0.5, 0.6) is 0 Å². The van der Waals surface area contributed by atoms with Crippen molar-refractivity contribution < 1.29 is 9.90 Å². The van der Waals surface area contributed by atoms with Crippen molar-refractivity contribution in [3.8, 4) is 0 Å². The van der Waals surface area contributed by atoms with Crippen LogP contribution in [-0.2, 0) is 4.79 Å². The molecule has 3 heterocycles. The van der Waals surface area contributed by atoms with Crippen LogP contribution in [0.4, 0.5) is 5.69 Å². The Bertz CT molecular complexity index is 540. The van der Waals surface area contributed by atoms with Crippen LogP contribution in [0, 0.1) is 5.41 Å². The van der Waals surface area contributed by atoms with E-state index in [0.717, 1.165) is 18.8 Å². The maximum atomic E-state index is 11.0. The first kappa shape index (κ1) is 13.0. The molecule has 0 spiro atoms. The summed E-state index contributed by atoms with van der Waals surface area (Å²) in [5, 5.41) is 13.0. The summed E-state index contributed by atoms with van der Waals surface area (Å²) in [6, 6.07) is 1.99. The molecule has 2 N–H and O–H groups in total. The molecule has 2 saturated heterocycles. The number of nitrogens with zero attached hydrogens (tertiary/aromatic N) is 2. The topological polar surface area (TPSA) is 65.5 Å². The summed E-state index contributed by atoms with van der Waals surface area (Å²) in [6.45, 7) is 2.22. The van der Waals surface area contributed by atoms with E-state index in [9.17, 15) is 4.79 Å². The predicted molar refractivity (Wildman–Crippen MR) is 72.9 cm³/mol. The number of nitrogens with one attached hydrogen (secondary N) is 1. The number of aliphatic carboxylic acids is 1. The smallest absolute Gasteiger partial charge is 0.304 e. The Labute approximate surface area is 120 Å². The maximum Gasteiger partial charge on any atom is 0.304 e. The number of carboxylic acids is 1. The average molecular weight is 302 g/mol. The molecule has 0 amide bonds. The number of hydrogen-bond acceptors (Lipinski definition) is 4. The van der Waals surface area contributed by atoms with Crippen LogP contribution in [0.25, 0.3) is 0 Å². The van der Waals surface area contributed by atoms with Crippen LogP contribution in [0.2, 0.25) is 10.2 Å². The van der Waals surface area contributed by atoms with Gasteiger partial charge in [0.05, 0.1) is 23.3 Å². The van der Waals surface area contributed by atoms with Crippen molar-refractivity contribution in [3.05, 3.63) is 22.4 Å². The summed E-state index contributed by atoms with van der Waals surface area (Å²) in [5.41, 5.74) is 0.716. The Hall–Kier alpha value is -1.04. The van der Waals surface area contributed by atoms with Crippen LogP contribution in [0.3, 0.4) is 0 Å². The lowest BCUT2D eigenvalue weighted by Gasteiger charge is -2.43. The van der Waals surface area contributed by atoms with Gasteiger partial charge in [0.25, 0.3) is 0 Å². The van der Waals surface area contributed by atoms with Crippen LogP contribution < -0.4 is 10.2 Å². The summed E-state index contributed by atoms with van der Waals surface area (Å²) < 4.78 is 0. The highest BCUT2D eigenvalue weighted by Gasteiger charge is 2.54. The fraction of sp³-hybridized carbons (Fsp3) is 0.500. The molecule has 2 aliphatic heterocycles. The number of carbonyl (C=O) groups is 1. The van der Waals surface area contributed by atoms with Crippen molar-refractivity contribution in [1.82, 2.24) is 10.3 Å². The second-order valence-electron chi connectivity index (χ2n) is 5.21. The molecule has 0 aromatic carbocycles. The average Bonchev–Trinajstić information content (AvgIpc) is 2.57. The Balaban J connectivity index is 1.81. The first-order valence-electron chi connectivity index (χ1n) is 6.01. The van der Waals surface area contributed by atoms with E-state index in [1.807, 2.05) is 0 Å². The van der Waals surface area contributed by atoms with Gasteiger partial charge in [-0.05, 0) is 6.07 Å². The maximum absolute atomic E-state index is 11.0. The van der Waals surface area contributed by atoms with E-state index in [2.05, 4.69) is 15.2 Å². The van der Waals surface area contributed by atoms with E-state index >= 15 is 0 Å². The van der Waals surface area contributed by atoms with E-state index in [-0.39, 0.29) is 23.0 Å². The Morgan fingerprint density at radius 3 is 3.00 bits per heavy atom. The van der Waals surface area contributed by atoms with Gasteiger partial charge in [-0.1, -0.05) is 23.2 Å². The van der Waals surface area contributed by atoms with E-state index in [0.29, 0.717) is 11.6 Å². The van der Waals surface area contributed by atoms with Gasteiger partial charge in [0.15, 0.2) is 0 Å². The molecule has 1 aromatic rings. The van der Waals surface area contributed by atoms with Crippen molar-refractivity contribution >= 4 is 34.9 Å². The molecule has 3 rings (SSSR count). The summed E-state index contributed by atoms with van der Waals surface area (Å²) in [6.07, 6.45) is 1.86. The van der Waals surface area contributed by atoms with Crippen LogP contribution in [-0.4, -0.2) is 41.7 Å². The molecule has 0 unspecified atom stereocenters. The van der Waals surface area contributed by atoms with Crippen molar-refractivity contribution in [2.45, 2.75) is 12.5 Å². The summed E-state index contributed by atoms with van der Waals surface area (Å²) in [7, 11) is 0. The first-order chi connectivity index (χ1) is 9.00. The molecule has 7 heteroatoms. The summed E-state index contributed by atoms with van der Waals surface area (Å²) in [4.78, 5) is 17.1. The standard InChI is InChI=1S/C12H13Cl2N3O2/c13-8-1-7(3-15-11(8)14)17-4-9-12(6-17,5-16-9)2-10(18)19/h1,3,9,16H,2,4-6H2,(H,18,19)/t9-,12+/m1/s1. The second kappa shape index (κ2) is 4.51. The quantitative estimate of drug-likeness (QED) is 0.831. The van der Waals surface area contributed by atoms with Crippen LogP contribution in [0.15, 0.2) is 12.3 Å². The van der Waals surface area contributed by atoms with E-state index in [1.54, 1.807) is 12.3 Å². The number of halogens is 2. The highest BCUT2D eigenvalue weighted by Crippen LogP contribution is 2.42. The minimum atomic E-state index is -0.749. The molecule has 5 nitrogen and oxygen atoms in total. The zero-order valence-electron chi connectivity index (χ0n) is 10.1. The van der Waals surface area contributed by atoms with Gasteiger partial charge in [-0.25, -0.2) is 4.98 Å². The minimum Gasteiger partial charge on any atom is -0.481 e. The molecule has 102 valence electrons. The third-order valence-electron chi connectivity index (χ3n) is 4.00. The van der Waals surface area contributed by atoms with Gasteiger partial charge >= 0.3 is 5.97 Å². The van der Waals surface area contributed by atoms with Crippen molar-refractivity contribution in [2.24, 2.45) is 5.41 Å². The number of anilines is 1. The Morgan fingerprint density at radius 1 is 1.63 bits per heavy atom. The third kappa shape index (κ3) is 2.16. The van der Waals surface area contributed by atoms with Crippen molar-refractivity contribution in [2.75, 3.05) is 24.5 Å². The molecule has 0 bridgehead atoms. The fourth-order valence-electron chi connectivity index (χ4n) is 2.95. The van der Waals surface area contributed by atoms with Gasteiger partial charge in [-0.15, -0.1) is 0 Å². The minimum absolute atomic E-state index is 0.169.